The zero-order valence-electron chi connectivity index (χ0n) is 12.4. The summed E-state index contributed by atoms with van der Waals surface area (Å²) in [6.45, 7) is 6.89. The summed E-state index contributed by atoms with van der Waals surface area (Å²) in [7, 11) is 1.72. The van der Waals surface area contributed by atoms with Crippen LogP contribution in [0.25, 0.3) is 0 Å². The van der Waals surface area contributed by atoms with Gasteiger partial charge < -0.3 is 10.2 Å². The second-order valence-electron chi connectivity index (χ2n) is 5.79. The second-order valence-corrected chi connectivity index (χ2v) is 5.79. The van der Waals surface area contributed by atoms with Crippen LogP contribution in [0.4, 0.5) is 11.5 Å². The first-order chi connectivity index (χ1) is 9.47. The lowest BCUT2D eigenvalue weighted by Crippen LogP contribution is -2.41. The number of piperidine rings is 1. The minimum Gasteiger partial charge on any atom is -0.349 e. The number of anilines is 1. The molecule has 1 saturated heterocycles. The van der Waals surface area contributed by atoms with Crippen molar-refractivity contribution in [2.45, 2.75) is 32.7 Å². The monoisotopic (exact) mass is 281 g/mol. The minimum absolute atomic E-state index is 0.102. The van der Waals surface area contributed by atoms with Gasteiger partial charge in [-0.3, -0.25) is 14.8 Å². The smallest absolute Gasteiger partial charge is 0.330 e. The summed E-state index contributed by atoms with van der Waals surface area (Å²) in [5, 5.41) is 18.8. The molecular weight excluding hydrogens is 258 g/mol. The third kappa shape index (κ3) is 3.47. The molecule has 7 nitrogen and oxygen atoms in total. The van der Waals surface area contributed by atoms with Crippen molar-refractivity contribution in [2.24, 2.45) is 13.0 Å². The van der Waals surface area contributed by atoms with Crippen molar-refractivity contribution in [2.75, 3.05) is 24.5 Å². The maximum Gasteiger partial charge on any atom is 0.330 e. The molecule has 1 aliphatic rings. The van der Waals surface area contributed by atoms with Crippen LogP contribution >= 0.6 is 0 Å². The molecular formula is C13H23N5O2. The Labute approximate surface area is 119 Å². The summed E-state index contributed by atoms with van der Waals surface area (Å²) >= 11 is 0. The van der Waals surface area contributed by atoms with E-state index in [-0.39, 0.29) is 10.6 Å². The standard InChI is InChI=1S/C13H23N5O2/c1-10(2)14-7-11-5-4-6-17(8-11)13-12(18(19)20)9-16(3)15-13/h9-11,14H,4-8H2,1-3H3. The lowest BCUT2D eigenvalue weighted by Gasteiger charge is -2.33. The van der Waals surface area contributed by atoms with Crippen molar-refractivity contribution in [1.82, 2.24) is 15.1 Å². The number of nitrogens with zero attached hydrogens (tertiary/aromatic N) is 4. The van der Waals surface area contributed by atoms with Gasteiger partial charge in [0.05, 0.1) is 4.92 Å². The zero-order chi connectivity index (χ0) is 14.7. The molecule has 0 amide bonds. The highest BCUT2D eigenvalue weighted by atomic mass is 16.6. The largest absolute Gasteiger partial charge is 0.349 e. The Morgan fingerprint density at radius 1 is 1.60 bits per heavy atom. The number of aryl methyl sites for hydroxylation is 1. The van der Waals surface area contributed by atoms with Gasteiger partial charge in [0.15, 0.2) is 0 Å². The molecule has 1 aromatic rings. The van der Waals surface area contributed by atoms with Crippen LogP contribution in [0.15, 0.2) is 6.20 Å². The number of hydrogen-bond acceptors (Lipinski definition) is 5. The molecule has 1 atom stereocenters. The molecule has 1 N–H and O–H groups in total. The van der Waals surface area contributed by atoms with Gasteiger partial charge in [-0.05, 0) is 25.3 Å². The number of aromatic nitrogens is 2. The van der Waals surface area contributed by atoms with E-state index in [1.54, 1.807) is 7.05 Å². The van der Waals surface area contributed by atoms with E-state index in [2.05, 4.69) is 24.3 Å². The maximum atomic E-state index is 11.1. The van der Waals surface area contributed by atoms with E-state index < -0.39 is 0 Å². The molecule has 112 valence electrons. The molecule has 0 aliphatic carbocycles. The molecule has 0 bridgehead atoms. The van der Waals surface area contributed by atoms with E-state index >= 15 is 0 Å². The van der Waals surface area contributed by atoms with E-state index in [0.29, 0.717) is 17.8 Å². The Bertz CT molecular complexity index is 471. The third-order valence-corrected chi connectivity index (χ3v) is 3.62. The fourth-order valence-electron chi connectivity index (χ4n) is 2.64. The molecule has 7 heteroatoms. The predicted octanol–water partition coefficient (Wildman–Crippen LogP) is 1.54. The molecule has 2 rings (SSSR count). The predicted molar refractivity (Wildman–Crippen MR) is 77.9 cm³/mol. The molecule has 1 aliphatic heterocycles. The summed E-state index contributed by atoms with van der Waals surface area (Å²) in [6, 6.07) is 0.467. The first-order valence-corrected chi connectivity index (χ1v) is 7.13. The highest BCUT2D eigenvalue weighted by molar-refractivity contribution is 5.57. The van der Waals surface area contributed by atoms with Gasteiger partial charge in [0.25, 0.3) is 0 Å². The molecule has 1 fully saturated rings. The van der Waals surface area contributed by atoms with E-state index in [0.717, 1.165) is 32.5 Å². The Balaban J connectivity index is 2.07. The topological polar surface area (TPSA) is 76.2 Å². The van der Waals surface area contributed by atoms with Crippen LogP contribution in [0.3, 0.4) is 0 Å². The van der Waals surface area contributed by atoms with Crippen LogP contribution in [-0.4, -0.2) is 40.4 Å². The van der Waals surface area contributed by atoms with Gasteiger partial charge in [-0.1, -0.05) is 13.8 Å². The Hall–Kier alpha value is -1.63. The number of rotatable bonds is 5. The van der Waals surface area contributed by atoms with Crippen molar-refractivity contribution in [3.05, 3.63) is 16.3 Å². The third-order valence-electron chi connectivity index (χ3n) is 3.62. The summed E-state index contributed by atoms with van der Waals surface area (Å²) in [4.78, 5) is 12.8. The molecule has 1 aromatic heterocycles. The average molecular weight is 281 g/mol. The van der Waals surface area contributed by atoms with Crippen LogP contribution < -0.4 is 10.2 Å². The van der Waals surface area contributed by atoms with Gasteiger partial charge in [-0.25, -0.2) is 0 Å². The van der Waals surface area contributed by atoms with Gasteiger partial charge in [0, 0.05) is 26.2 Å². The van der Waals surface area contributed by atoms with Crippen LogP contribution in [0.5, 0.6) is 0 Å². The van der Waals surface area contributed by atoms with Gasteiger partial charge in [0.2, 0.25) is 5.82 Å². The van der Waals surface area contributed by atoms with Gasteiger partial charge >= 0.3 is 5.69 Å². The highest BCUT2D eigenvalue weighted by Crippen LogP contribution is 2.29. The quantitative estimate of drug-likeness (QED) is 0.654. The molecule has 0 aromatic carbocycles. The minimum atomic E-state index is -0.349. The van der Waals surface area contributed by atoms with Gasteiger partial charge in [0.1, 0.15) is 6.20 Å². The molecule has 2 heterocycles. The zero-order valence-corrected chi connectivity index (χ0v) is 12.4. The SMILES string of the molecule is CC(C)NCC1CCCN(c2nn(C)cc2[N+](=O)[O-])C1. The van der Waals surface area contributed by atoms with Gasteiger partial charge in [-0.15, -0.1) is 5.10 Å². The van der Waals surface area contributed by atoms with E-state index in [9.17, 15) is 10.1 Å². The molecule has 0 spiro atoms. The van der Waals surface area contributed by atoms with Crippen LogP contribution in [-0.2, 0) is 7.05 Å². The fourth-order valence-corrected chi connectivity index (χ4v) is 2.64. The first-order valence-electron chi connectivity index (χ1n) is 7.13. The molecule has 0 saturated carbocycles. The summed E-state index contributed by atoms with van der Waals surface area (Å²) < 4.78 is 1.52. The van der Waals surface area contributed by atoms with Crippen molar-refractivity contribution >= 4 is 11.5 Å². The Morgan fingerprint density at radius 3 is 3.00 bits per heavy atom. The molecule has 20 heavy (non-hydrogen) atoms. The second kappa shape index (κ2) is 6.21. The van der Waals surface area contributed by atoms with E-state index in [4.69, 9.17) is 0 Å². The average Bonchev–Trinajstić information content (AvgIpc) is 2.79. The number of hydrogen-bond donors (Lipinski definition) is 1. The molecule has 0 radical (unpaired) electrons. The summed E-state index contributed by atoms with van der Waals surface area (Å²) in [5.74, 6) is 1.03. The molecule has 1 unspecified atom stereocenters. The Morgan fingerprint density at radius 2 is 2.35 bits per heavy atom. The first kappa shape index (κ1) is 14.8. The summed E-state index contributed by atoms with van der Waals surface area (Å²) in [6.07, 6.45) is 3.69. The number of nitrogens with one attached hydrogen (secondary N) is 1. The maximum absolute atomic E-state index is 11.1. The highest BCUT2D eigenvalue weighted by Gasteiger charge is 2.28. The van der Waals surface area contributed by atoms with Crippen molar-refractivity contribution in [1.29, 1.82) is 0 Å². The van der Waals surface area contributed by atoms with Crippen LogP contribution in [0.1, 0.15) is 26.7 Å². The van der Waals surface area contributed by atoms with Gasteiger partial charge in [-0.2, -0.15) is 0 Å². The fraction of sp³-hybridized carbons (Fsp3) is 0.769. The van der Waals surface area contributed by atoms with Crippen molar-refractivity contribution < 1.29 is 4.92 Å². The van der Waals surface area contributed by atoms with Crippen LogP contribution in [0, 0.1) is 16.0 Å². The number of nitro groups is 1. The summed E-state index contributed by atoms with van der Waals surface area (Å²) in [5.41, 5.74) is 0.102. The lowest BCUT2D eigenvalue weighted by molar-refractivity contribution is -0.384. The van der Waals surface area contributed by atoms with E-state index in [1.165, 1.54) is 10.9 Å². The van der Waals surface area contributed by atoms with Crippen LogP contribution in [0.2, 0.25) is 0 Å². The van der Waals surface area contributed by atoms with Crippen molar-refractivity contribution in [3.8, 4) is 0 Å². The Kier molecular flexibility index (Phi) is 4.59. The van der Waals surface area contributed by atoms with E-state index in [1.807, 2.05) is 4.90 Å². The lowest BCUT2D eigenvalue weighted by atomic mass is 9.97. The van der Waals surface area contributed by atoms with Crippen molar-refractivity contribution in [3.63, 3.8) is 0 Å². The normalized spacial score (nSPS) is 19.6.